The fourth-order valence-electron chi connectivity index (χ4n) is 8.40. The van der Waals surface area contributed by atoms with Crippen molar-refractivity contribution >= 4 is 5.78 Å². The molecule has 0 spiro atoms. The molecule has 0 aliphatic heterocycles. The van der Waals surface area contributed by atoms with Crippen LogP contribution in [0.1, 0.15) is 64.7 Å². The predicted octanol–water partition coefficient (Wildman–Crippen LogP) is 2.89. The highest BCUT2D eigenvalue weighted by Gasteiger charge is 2.59. The molecule has 7 heteroatoms. The molecular weight excluding hydrogens is 380 g/mol. The van der Waals surface area contributed by atoms with Crippen molar-refractivity contribution in [2.45, 2.75) is 76.9 Å². The Morgan fingerprint density at radius 1 is 1.13 bits per heavy atom. The average molecular weight is 417 g/mol. The first-order valence-electron chi connectivity index (χ1n) is 11.9. The fourth-order valence-corrected chi connectivity index (χ4v) is 8.40. The van der Waals surface area contributed by atoms with Crippen molar-refractivity contribution in [3.8, 4) is 0 Å². The van der Waals surface area contributed by atoms with Gasteiger partial charge in [-0.3, -0.25) is 4.79 Å². The highest BCUT2D eigenvalue weighted by Crippen LogP contribution is 2.64. The normalized spacial score (nSPS) is 45.4. The highest BCUT2D eigenvalue weighted by atomic mass is 16.5. The van der Waals surface area contributed by atoms with Gasteiger partial charge in [0.2, 0.25) is 0 Å². The Hall–Kier alpha value is -1.34. The van der Waals surface area contributed by atoms with Crippen molar-refractivity contribution in [3.05, 3.63) is 6.33 Å². The van der Waals surface area contributed by atoms with Crippen LogP contribution in [-0.4, -0.2) is 50.4 Å². The van der Waals surface area contributed by atoms with Gasteiger partial charge in [0.15, 0.2) is 12.1 Å². The lowest BCUT2D eigenvalue weighted by Crippen LogP contribution is -2.52. The number of carbonyl (C=O) groups is 1. The molecule has 4 saturated carbocycles. The van der Waals surface area contributed by atoms with Crippen molar-refractivity contribution < 1.29 is 14.6 Å². The molecular formula is C23H36N4O3. The minimum Gasteiger partial charge on any atom is -0.387 e. The predicted molar refractivity (Wildman–Crippen MR) is 110 cm³/mol. The van der Waals surface area contributed by atoms with Gasteiger partial charge in [-0.15, -0.1) is 10.2 Å². The Labute approximate surface area is 178 Å². The van der Waals surface area contributed by atoms with Crippen LogP contribution >= 0.6 is 0 Å². The maximum atomic E-state index is 13.1. The largest absolute Gasteiger partial charge is 0.387 e. The van der Waals surface area contributed by atoms with Crippen molar-refractivity contribution in [2.24, 2.45) is 40.9 Å². The summed E-state index contributed by atoms with van der Waals surface area (Å²) in [6.45, 7) is 3.11. The lowest BCUT2D eigenvalue weighted by Gasteiger charge is -2.57. The van der Waals surface area contributed by atoms with E-state index in [1.54, 1.807) is 7.11 Å². The first-order chi connectivity index (χ1) is 14.4. The zero-order chi connectivity index (χ0) is 20.9. The lowest BCUT2D eigenvalue weighted by molar-refractivity contribution is -0.137. The number of hydrogen-bond donors (Lipinski definition) is 1. The van der Waals surface area contributed by atoms with Crippen LogP contribution in [0.15, 0.2) is 6.33 Å². The number of carbonyl (C=O) groups excluding carboxylic acids is 1. The van der Waals surface area contributed by atoms with Gasteiger partial charge in [0.05, 0.1) is 12.2 Å². The number of ether oxygens (including phenoxy) is 1. The Balaban J connectivity index is 1.29. The Bertz CT molecular complexity index is 771. The van der Waals surface area contributed by atoms with E-state index in [4.69, 9.17) is 4.74 Å². The molecule has 4 aliphatic rings. The number of fused-ring (bicyclic) bond motifs is 5. The summed E-state index contributed by atoms with van der Waals surface area (Å²) in [5, 5.41) is 22.6. The maximum absolute atomic E-state index is 13.1. The van der Waals surface area contributed by atoms with Crippen LogP contribution in [0.2, 0.25) is 0 Å². The third-order valence-corrected chi connectivity index (χ3v) is 9.59. The van der Waals surface area contributed by atoms with E-state index in [0.717, 1.165) is 49.9 Å². The molecule has 4 aliphatic carbocycles. The molecule has 166 valence electrons. The van der Waals surface area contributed by atoms with E-state index >= 15 is 0 Å². The van der Waals surface area contributed by atoms with Crippen LogP contribution in [0.4, 0.5) is 0 Å². The van der Waals surface area contributed by atoms with E-state index in [0.29, 0.717) is 18.4 Å². The number of nitrogens with zero attached hydrogens (tertiary/aromatic N) is 4. The third-order valence-electron chi connectivity index (χ3n) is 9.59. The zero-order valence-electron chi connectivity index (χ0n) is 18.4. The molecule has 0 amide bonds. The van der Waals surface area contributed by atoms with Crippen LogP contribution in [0.3, 0.4) is 0 Å². The van der Waals surface area contributed by atoms with Gasteiger partial charge in [-0.2, -0.15) is 4.80 Å². The number of ketones is 1. The maximum Gasteiger partial charge on any atom is 0.162 e. The SMILES string of the molecule is COC[C@@]1(O)CC[C@H]2[C@@H](CC[C@@H]3[C@@H]2CC[C@]2(C)[C@@H](C(=O)Cn4ncnn4)CC[C@@H]32)C1. The van der Waals surface area contributed by atoms with Crippen LogP contribution in [0.25, 0.3) is 0 Å². The average Bonchev–Trinajstić information content (AvgIpc) is 3.34. The van der Waals surface area contributed by atoms with Crippen LogP contribution in [0, 0.1) is 40.9 Å². The highest BCUT2D eigenvalue weighted by molar-refractivity contribution is 5.81. The van der Waals surface area contributed by atoms with Crippen molar-refractivity contribution in [2.75, 3.05) is 13.7 Å². The fraction of sp³-hybridized carbons (Fsp3) is 0.913. The number of tetrazole rings is 1. The van der Waals surface area contributed by atoms with Gasteiger partial charge in [-0.1, -0.05) is 6.92 Å². The number of methoxy groups -OCH3 is 1. The van der Waals surface area contributed by atoms with E-state index < -0.39 is 5.60 Å². The molecule has 0 unspecified atom stereocenters. The van der Waals surface area contributed by atoms with Gasteiger partial charge in [0, 0.05) is 13.0 Å². The smallest absolute Gasteiger partial charge is 0.162 e. The molecule has 1 aromatic rings. The van der Waals surface area contributed by atoms with Gasteiger partial charge in [-0.05, 0) is 98.0 Å². The molecule has 4 fully saturated rings. The topological polar surface area (TPSA) is 90.1 Å². The van der Waals surface area contributed by atoms with Gasteiger partial charge in [0.1, 0.15) is 6.54 Å². The van der Waals surface area contributed by atoms with E-state index in [2.05, 4.69) is 22.3 Å². The summed E-state index contributed by atoms with van der Waals surface area (Å²) in [6, 6.07) is 0. The summed E-state index contributed by atoms with van der Waals surface area (Å²) in [5.74, 6) is 3.99. The molecule has 1 heterocycles. The van der Waals surface area contributed by atoms with Crippen LogP contribution < -0.4 is 0 Å². The minimum absolute atomic E-state index is 0.122. The lowest BCUT2D eigenvalue weighted by atomic mass is 9.49. The summed E-state index contributed by atoms with van der Waals surface area (Å²) in [4.78, 5) is 14.6. The molecule has 7 nitrogen and oxygen atoms in total. The number of hydrogen-bond acceptors (Lipinski definition) is 6. The summed E-state index contributed by atoms with van der Waals surface area (Å²) in [7, 11) is 1.69. The van der Waals surface area contributed by atoms with Gasteiger partial charge in [0.25, 0.3) is 0 Å². The first kappa shape index (κ1) is 20.6. The summed E-state index contributed by atoms with van der Waals surface area (Å²) >= 11 is 0. The molecule has 1 aromatic heterocycles. The second-order valence-corrected chi connectivity index (χ2v) is 10.9. The van der Waals surface area contributed by atoms with E-state index in [9.17, 15) is 9.90 Å². The van der Waals surface area contributed by atoms with Gasteiger partial charge in [-0.25, -0.2) is 0 Å². The van der Waals surface area contributed by atoms with Crippen LogP contribution in [0.5, 0.6) is 0 Å². The standard InChI is InChI=1S/C23H36N4O3/c1-22-9-7-17-16-8-10-23(29,13-30-2)11-15(16)3-4-18(17)19(22)5-6-20(22)21(28)12-27-25-14-24-26-27/h14-20,29H,3-13H2,1-2H3/t15-,16-,17+,18+,19-,20+,22-,23+/m0/s1. The zero-order valence-corrected chi connectivity index (χ0v) is 18.4. The molecule has 0 aromatic carbocycles. The second kappa shape index (κ2) is 7.66. The quantitative estimate of drug-likeness (QED) is 0.794. The van der Waals surface area contributed by atoms with E-state index in [1.165, 1.54) is 36.8 Å². The van der Waals surface area contributed by atoms with Gasteiger partial charge >= 0.3 is 0 Å². The first-order valence-corrected chi connectivity index (χ1v) is 11.9. The van der Waals surface area contributed by atoms with Crippen molar-refractivity contribution in [1.29, 1.82) is 0 Å². The minimum atomic E-state index is -0.619. The van der Waals surface area contributed by atoms with Gasteiger partial charge < -0.3 is 9.84 Å². The summed E-state index contributed by atoms with van der Waals surface area (Å²) in [5.41, 5.74) is -0.497. The monoisotopic (exact) mass is 416 g/mol. The molecule has 8 atom stereocenters. The molecule has 5 rings (SSSR count). The Morgan fingerprint density at radius 3 is 2.73 bits per heavy atom. The van der Waals surface area contributed by atoms with Crippen molar-refractivity contribution in [1.82, 2.24) is 20.2 Å². The number of aromatic nitrogens is 4. The third kappa shape index (κ3) is 3.32. The molecule has 0 bridgehead atoms. The van der Waals surface area contributed by atoms with E-state index in [-0.39, 0.29) is 23.7 Å². The molecule has 1 N–H and O–H groups in total. The number of Topliss-reactive ketones (excluding diaryl/α,β-unsaturated/α-hetero) is 1. The van der Waals surface area contributed by atoms with Crippen molar-refractivity contribution in [3.63, 3.8) is 0 Å². The number of aliphatic hydroxyl groups is 1. The second-order valence-electron chi connectivity index (χ2n) is 10.9. The Morgan fingerprint density at radius 2 is 1.97 bits per heavy atom. The van der Waals surface area contributed by atoms with E-state index in [1.807, 2.05) is 0 Å². The molecule has 0 radical (unpaired) electrons. The Kier molecular flexibility index (Phi) is 5.25. The number of rotatable bonds is 5. The van der Waals surface area contributed by atoms with Crippen LogP contribution in [-0.2, 0) is 16.1 Å². The molecule has 30 heavy (non-hydrogen) atoms. The summed E-state index contributed by atoms with van der Waals surface area (Å²) < 4.78 is 5.32. The molecule has 0 saturated heterocycles. The summed E-state index contributed by atoms with van der Waals surface area (Å²) in [6.07, 6.45) is 11.4.